The van der Waals surface area contributed by atoms with Crippen LogP contribution in [0.25, 0.3) is 10.2 Å². The van der Waals surface area contributed by atoms with E-state index in [2.05, 4.69) is 15.3 Å². The van der Waals surface area contributed by atoms with Gasteiger partial charge in [0.25, 0.3) is 0 Å². The van der Waals surface area contributed by atoms with Crippen molar-refractivity contribution >= 4 is 32.6 Å². The van der Waals surface area contributed by atoms with Gasteiger partial charge in [-0.05, 0) is 24.3 Å². The molecule has 0 aliphatic rings. The van der Waals surface area contributed by atoms with Gasteiger partial charge in [0, 0.05) is 13.2 Å². The Hall–Kier alpha value is -2.47. The quantitative estimate of drug-likeness (QED) is 0.786. The van der Waals surface area contributed by atoms with Gasteiger partial charge in [0.05, 0.1) is 29.0 Å². The van der Waals surface area contributed by atoms with Crippen molar-refractivity contribution < 1.29 is 4.79 Å². The Balaban J connectivity index is 1.58. The zero-order valence-electron chi connectivity index (χ0n) is 12.2. The molecule has 0 unspecified atom stereocenters. The Morgan fingerprint density at radius 3 is 2.82 bits per heavy atom. The van der Waals surface area contributed by atoms with E-state index in [1.165, 1.54) is 0 Å². The van der Waals surface area contributed by atoms with Crippen LogP contribution in [0.2, 0.25) is 0 Å². The van der Waals surface area contributed by atoms with E-state index in [0.717, 1.165) is 21.0 Å². The molecule has 112 valence electrons. The van der Waals surface area contributed by atoms with Crippen LogP contribution in [0, 0.1) is 0 Å². The molecule has 0 aliphatic heterocycles. The largest absolute Gasteiger partial charge is 0.349 e. The summed E-state index contributed by atoms with van der Waals surface area (Å²) < 4.78 is 1.12. The summed E-state index contributed by atoms with van der Waals surface area (Å²) in [4.78, 5) is 22.6. The highest BCUT2D eigenvalue weighted by atomic mass is 32.1. The molecule has 1 amide bonds. The second-order valence-corrected chi connectivity index (χ2v) is 5.93. The van der Waals surface area contributed by atoms with Crippen molar-refractivity contribution in [1.82, 2.24) is 15.3 Å². The molecule has 0 spiro atoms. The van der Waals surface area contributed by atoms with Gasteiger partial charge < -0.3 is 10.2 Å². The number of nitrogens with one attached hydrogen (secondary N) is 1. The van der Waals surface area contributed by atoms with Crippen molar-refractivity contribution in [2.24, 2.45) is 0 Å². The molecule has 2 aromatic heterocycles. The van der Waals surface area contributed by atoms with E-state index in [-0.39, 0.29) is 12.5 Å². The van der Waals surface area contributed by atoms with Crippen molar-refractivity contribution in [3.05, 3.63) is 54.4 Å². The van der Waals surface area contributed by atoms with Crippen LogP contribution < -0.4 is 10.2 Å². The van der Waals surface area contributed by atoms with Crippen LogP contribution >= 0.6 is 11.3 Å². The molecule has 6 heteroatoms. The number of nitrogens with zero attached hydrogens (tertiary/aromatic N) is 3. The lowest BCUT2D eigenvalue weighted by Gasteiger charge is -2.15. The highest BCUT2D eigenvalue weighted by molar-refractivity contribution is 7.22. The van der Waals surface area contributed by atoms with E-state index in [0.29, 0.717) is 6.54 Å². The number of anilines is 1. The SMILES string of the molecule is CN(CC(=O)NCc1ccccn1)c1nc2ccccc2s1. The van der Waals surface area contributed by atoms with E-state index in [1.54, 1.807) is 17.5 Å². The number of amides is 1. The number of pyridine rings is 1. The van der Waals surface area contributed by atoms with E-state index < -0.39 is 0 Å². The molecular formula is C16H16N4OS. The van der Waals surface area contributed by atoms with Crippen LogP contribution in [-0.2, 0) is 11.3 Å². The molecule has 0 saturated heterocycles. The highest BCUT2D eigenvalue weighted by Crippen LogP contribution is 2.27. The maximum absolute atomic E-state index is 12.0. The molecule has 5 nitrogen and oxygen atoms in total. The number of hydrogen-bond donors (Lipinski definition) is 1. The van der Waals surface area contributed by atoms with Crippen molar-refractivity contribution in [1.29, 1.82) is 0 Å². The summed E-state index contributed by atoms with van der Waals surface area (Å²) >= 11 is 1.58. The molecule has 0 radical (unpaired) electrons. The average Bonchev–Trinajstić information content (AvgIpc) is 2.98. The molecule has 22 heavy (non-hydrogen) atoms. The van der Waals surface area contributed by atoms with Crippen LogP contribution in [0.3, 0.4) is 0 Å². The first-order valence-electron chi connectivity index (χ1n) is 6.96. The molecular weight excluding hydrogens is 296 g/mol. The van der Waals surface area contributed by atoms with Gasteiger partial charge in [-0.15, -0.1) is 0 Å². The molecule has 0 aliphatic carbocycles. The van der Waals surface area contributed by atoms with Crippen LogP contribution in [0.15, 0.2) is 48.7 Å². The van der Waals surface area contributed by atoms with Gasteiger partial charge in [-0.25, -0.2) is 4.98 Å². The Kier molecular flexibility index (Phi) is 4.29. The monoisotopic (exact) mass is 312 g/mol. The first-order valence-corrected chi connectivity index (χ1v) is 7.77. The number of hydrogen-bond acceptors (Lipinski definition) is 5. The van der Waals surface area contributed by atoms with Gasteiger partial charge in [0.15, 0.2) is 5.13 Å². The van der Waals surface area contributed by atoms with Gasteiger partial charge in [-0.2, -0.15) is 0 Å². The lowest BCUT2D eigenvalue weighted by Crippen LogP contribution is -2.34. The van der Waals surface area contributed by atoms with Gasteiger partial charge in [0.1, 0.15) is 0 Å². The van der Waals surface area contributed by atoms with Gasteiger partial charge in [-0.3, -0.25) is 9.78 Å². The highest BCUT2D eigenvalue weighted by Gasteiger charge is 2.11. The maximum atomic E-state index is 12.0. The minimum atomic E-state index is -0.0487. The third-order valence-electron chi connectivity index (χ3n) is 3.18. The Labute approximate surface area is 132 Å². The fraction of sp³-hybridized carbons (Fsp3) is 0.188. The first-order chi connectivity index (χ1) is 10.7. The summed E-state index contributed by atoms with van der Waals surface area (Å²) in [5.74, 6) is -0.0487. The van der Waals surface area contributed by atoms with Crippen LogP contribution in [0.5, 0.6) is 0 Å². The second-order valence-electron chi connectivity index (χ2n) is 4.92. The van der Waals surface area contributed by atoms with Crippen LogP contribution in [0.4, 0.5) is 5.13 Å². The van der Waals surface area contributed by atoms with E-state index >= 15 is 0 Å². The van der Waals surface area contributed by atoms with Crippen LogP contribution in [-0.4, -0.2) is 29.5 Å². The number of carbonyl (C=O) groups excluding carboxylic acids is 1. The van der Waals surface area contributed by atoms with E-state index in [4.69, 9.17) is 0 Å². The zero-order valence-corrected chi connectivity index (χ0v) is 13.0. The Morgan fingerprint density at radius 2 is 2.05 bits per heavy atom. The Bertz CT molecular complexity index is 739. The second kappa shape index (κ2) is 6.53. The zero-order chi connectivity index (χ0) is 15.4. The number of likely N-dealkylation sites (N-methyl/N-ethyl adjacent to an activating group) is 1. The minimum Gasteiger partial charge on any atom is -0.349 e. The molecule has 0 fully saturated rings. The summed E-state index contributed by atoms with van der Waals surface area (Å²) in [5.41, 5.74) is 1.81. The van der Waals surface area contributed by atoms with Gasteiger partial charge >= 0.3 is 0 Å². The molecule has 1 aromatic carbocycles. The van der Waals surface area contributed by atoms with Crippen molar-refractivity contribution in [2.75, 3.05) is 18.5 Å². The lowest BCUT2D eigenvalue weighted by molar-refractivity contribution is -0.119. The molecule has 0 atom stereocenters. The number of para-hydroxylation sites is 1. The van der Waals surface area contributed by atoms with Gasteiger partial charge in [0.2, 0.25) is 5.91 Å². The topological polar surface area (TPSA) is 58.1 Å². The summed E-state index contributed by atoms with van der Waals surface area (Å²) in [6.07, 6.45) is 1.72. The third-order valence-corrected chi connectivity index (χ3v) is 4.33. The molecule has 3 rings (SSSR count). The van der Waals surface area contributed by atoms with E-state index in [1.807, 2.05) is 54.4 Å². The minimum absolute atomic E-state index is 0.0487. The number of benzene rings is 1. The van der Waals surface area contributed by atoms with E-state index in [9.17, 15) is 4.79 Å². The normalized spacial score (nSPS) is 10.6. The third kappa shape index (κ3) is 3.40. The fourth-order valence-corrected chi connectivity index (χ4v) is 2.98. The fourth-order valence-electron chi connectivity index (χ4n) is 2.05. The number of thiazole rings is 1. The number of aromatic nitrogens is 2. The summed E-state index contributed by atoms with van der Waals surface area (Å²) in [6.45, 7) is 0.708. The summed E-state index contributed by atoms with van der Waals surface area (Å²) in [7, 11) is 1.87. The van der Waals surface area contributed by atoms with Crippen LogP contribution in [0.1, 0.15) is 5.69 Å². The number of carbonyl (C=O) groups is 1. The van der Waals surface area contributed by atoms with Crippen molar-refractivity contribution in [3.63, 3.8) is 0 Å². The summed E-state index contributed by atoms with van der Waals surface area (Å²) in [5, 5.41) is 3.71. The number of rotatable bonds is 5. The predicted octanol–water partition coefficient (Wildman–Crippen LogP) is 2.44. The van der Waals surface area contributed by atoms with Gasteiger partial charge in [-0.1, -0.05) is 29.5 Å². The molecule has 1 N–H and O–H groups in total. The molecule has 0 bridgehead atoms. The maximum Gasteiger partial charge on any atom is 0.239 e. The van der Waals surface area contributed by atoms with Crippen molar-refractivity contribution in [3.8, 4) is 0 Å². The smallest absolute Gasteiger partial charge is 0.239 e. The number of fused-ring (bicyclic) bond motifs is 1. The predicted molar refractivity (Wildman–Crippen MR) is 89.0 cm³/mol. The molecule has 0 saturated carbocycles. The summed E-state index contributed by atoms with van der Waals surface area (Å²) in [6, 6.07) is 13.6. The lowest BCUT2D eigenvalue weighted by atomic mass is 10.3. The first kappa shape index (κ1) is 14.5. The van der Waals surface area contributed by atoms with Crippen molar-refractivity contribution in [2.45, 2.75) is 6.54 Å². The average molecular weight is 312 g/mol. The standard InChI is InChI=1S/C16H16N4OS/c1-20(16-19-13-7-2-3-8-14(13)22-16)11-15(21)18-10-12-6-4-5-9-17-12/h2-9H,10-11H2,1H3,(H,18,21). The Morgan fingerprint density at radius 1 is 1.23 bits per heavy atom. The molecule has 3 aromatic rings. The molecule has 2 heterocycles.